The molecule has 0 aliphatic heterocycles. The third kappa shape index (κ3) is 4.53. The lowest BCUT2D eigenvalue weighted by Crippen LogP contribution is -2.25. The number of carboxylic acids is 1. The van der Waals surface area contributed by atoms with Gasteiger partial charge in [0.2, 0.25) is 5.13 Å². The second-order valence-electron chi connectivity index (χ2n) is 5.63. The highest BCUT2D eigenvalue weighted by Gasteiger charge is 2.16. The summed E-state index contributed by atoms with van der Waals surface area (Å²) in [5.74, 6) is -0.477. The zero-order chi connectivity index (χ0) is 16.1. The van der Waals surface area contributed by atoms with Gasteiger partial charge in [0, 0.05) is 19.0 Å². The number of rotatable bonds is 7. The Bertz CT molecular complexity index is 623. The molecular weight excluding hydrogens is 298 g/mol. The molecule has 22 heavy (non-hydrogen) atoms. The zero-order valence-corrected chi connectivity index (χ0v) is 13.9. The van der Waals surface area contributed by atoms with Crippen molar-refractivity contribution in [2.75, 3.05) is 11.4 Å². The van der Waals surface area contributed by atoms with E-state index in [0.717, 1.165) is 15.7 Å². The Kier molecular flexibility index (Phi) is 5.49. The first-order valence-electron chi connectivity index (χ1n) is 7.31. The molecule has 0 saturated heterocycles. The van der Waals surface area contributed by atoms with E-state index in [-0.39, 0.29) is 6.42 Å². The summed E-state index contributed by atoms with van der Waals surface area (Å²) in [7, 11) is 0. The smallest absolute Gasteiger partial charge is 0.305 e. The van der Waals surface area contributed by atoms with Crippen molar-refractivity contribution in [3.05, 3.63) is 40.4 Å². The molecule has 1 aromatic heterocycles. The van der Waals surface area contributed by atoms with Crippen LogP contribution < -0.4 is 4.90 Å². The van der Waals surface area contributed by atoms with E-state index in [4.69, 9.17) is 5.11 Å². The monoisotopic (exact) mass is 319 g/mol. The topological polar surface area (TPSA) is 66.3 Å². The minimum Gasteiger partial charge on any atom is -0.481 e. The van der Waals surface area contributed by atoms with Crippen LogP contribution in [0, 0.1) is 6.92 Å². The highest BCUT2D eigenvalue weighted by atomic mass is 32.1. The minimum atomic E-state index is -0.803. The maximum Gasteiger partial charge on any atom is 0.305 e. The Hall–Kier alpha value is -1.95. The third-order valence-electron chi connectivity index (χ3n) is 3.28. The van der Waals surface area contributed by atoms with E-state index < -0.39 is 5.97 Å². The molecule has 2 rings (SSSR count). The SMILES string of the molecule is Cc1ccc(CN(CCC(=O)O)c2nnc(C(C)C)s2)cc1. The maximum atomic E-state index is 10.9. The number of aromatic nitrogens is 2. The van der Waals surface area contributed by atoms with E-state index in [1.807, 2.05) is 11.8 Å². The van der Waals surface area contributed by atoms with Crippen LogP contribution in [0.1, 0.15) is 42.3 Å². The summed E-state index contributed by atoms with van der Waals surface area (Å²) in [6.07, 6.45) is 0.0858. The van der Waals surface area contributed by atoms with Gasteiger partial charge in [-0.25, -0.2) is 0 Å². The summed E-state index contributed by atoms with van der Waals surface area (Å²) in [5.41, 5.74) is 2.34. The average Bonchev–Trinajstić information content (AvgIpc) is 2.95. The van der Waals surface area contributed by atoms with Crippen molar-refractivity contribution < 1.29 is 9.90 Å². The summed E-state index contributed by atoms with van der Waals surface area (Å²) < 4.78 is 0. The highest BCUT2D eigenvalue weighted by molar-refractivity contribution is 7.15. The Morgan fingerprint density at radius 1 is 1.27 bits per heavy atom. The fourth-order valence-electron chi connectivity index (χ4n) is 1.97. The number of carbonyl (C=O) groups is 1. The molecule has 0 fully saturated rings. The van der Waals surface area contributed by atoms with Crippen LogP contribution in [0.3, 0.4) is 0 Å². The first kappa shape index (κ1) is 16.4. The molecule has 0 bridgehead atoms. The van der Waals surface area contributed by atoms with Crippen LogP contribution >= 0.6 is 11.3 Å². The number of hydrogen-bond acceptors (Lipinski definition) is 5. The number of carboxylic acid groups (broad SMARTS) is 1. The van der Waals surface area contributed by atoms with Crippen molar-refractivity contribution >= 4 is 22.4 Å². The van der Waals surface area contributed by atoms with E-state index in [1.165, 1.54) is 16.9 Å². The first-order chi connectivity index (χ1) is 10.5. The number of aryl methyl sites for hydroxylation is 1. The molecule has 0 saturated carbocycles. The number of aliphatic carboxylic acids is 1. The Labute approximate surface area is 134 Å². The predicted molar refractivity (Wildman–Crippen MR) is 88.5 cm³/mol. The van der Waals surface area contributed by atoms with Crippen molar-refractivity contribution in [1.29, 1.82) is 0 Å². The molecule has 0 atom stereocenters. The molecule has 1 N–H and O–H groups in total. The van der Waals surface area contributed by atoms with Gasteiger partial charge in [-0.3, -0.25) is 4.79 Å². The maximum absolute atomic E-state index is 10.9. The summed E-state index contributed by atoms with van der Waals surface area (Å²) in [5, 5.41) is 19.1. The van der Waals surface area contributed by atoms with Crippen molar-refractivity contribution in [1.82, 2.24) is 10.2 Å². The molecule has 0 amide bonds. The molecule has 118 valence electrons. The predicted octanol–water partition coefficient (Wildman–Crippen LogP) is 3.45. The van der Waals surface area contributed by atoms with Crippen LogP contribution in [0.15, 0.2) is 24.3 Å². The molecule has 0 spiro atoms. The number of anilines is 1. The van der Waals surface area contributed by atoms with E-state index >= 15 is 0 Å². The summed E-state index contributed by atoms with van der Waals surface area (Å²) >= 11 is 1.53. The van der Waals surface area contributed by atoms with Gasteiger partial charge < -0.3 is 10.0 Å². The van der Waals surface area contributed by atoms with Gasteiger partial charge >= 0.3 is 5.97 Å². The van der Waals surface area contributed by atoms with Gasteiger partial charge in [0.05, 0.1) is 6.42 Å². The van der Waals surface area contributed by atoms with Crippen molar-refractivity contribution in [2.24, 2.45) is 0 Å². The molecule has 2 aromatic rings. The molecule has 0 radical (unpaired) electrons. The molecule has 1 aromatic carbocycles. The number of nitrogens with zero attached hydrogens (tertiary/aromatic N) is 3. The van der Waals surface area contributed by atoms with Crippen LogP contribution in [-0.4, -0.2) is 27.8 Å². The second-order valence-corrected chi connectivity index (χ2v) is 6.62. The summed E-state index contributed by atoms with van der Waals surface area (Å²) in [4.78, 5) is 12.9. The highest BCUT2D eigenvalue weighted by Crippen LogP contribution is 2.27. The lowest BCUT2D eigenvalue weighted by molar-refractivity contribution is -0.136. The zero-order valence-electron chi connectivity index (χ0n) is 13.1. The van der Waals surface area contributed by atoms with Gasteiger partial charge in [0.1, 0.15) is 5.01 Å². The lowest BCUT2D eigenvalue weighted by atomic mass is 10.1. The third-order valence-corrected chi connectivity index (χ3v) is 4.57. The Balaban J connectivity index is 2.17. The first-order valence-corrected chi connectivity index (χ1v) is 8.13. The van der Waals surface area contributed by atoms with Gasteiger partial charge in [0.15, 0.2) is 0 Å². The second kappa shape index (κ2) is 7.35. The van der Waals surface area contributed by atoms with E-state index in [1.54, 1.807) is 0 Å². The van der Waals surface area contributed by atoms with Crippen molar-refractivity contribution in [3.8, 4) is 0 Å². The molecular formula is C16H21N3O2S. The summed E-state index contributed by atoms with van der Waals surface area (Å²) in [6, 6.07) is 8.25. The summed E-state index contributed by atoms with van der Waals surface area (Å²) in [6.45, 7) is 7.26. The van der Waals surface area contributed by atoms with Crippen molar-refractivity contribution in [3.63, 3.8) is 0 Å². The van der Waals surface area contributed by atoms with E-state index in [2.05, 4.69) is 48.3 Å². The molecule has 5 nitrogen and oxygen atoms in total. The van der Waals surface area contributed by atoms with E-state index in [0.29, 0.717) is 19.0 Å². The fraction of sp³-hybridized carbons (Fsp3) is 0.438. The number of benzene rings is 1. The van der Waals surface area contributed by atoms with Gasteiger partial charge in [-0.15, -0.1) is 10.2 Å². The fourth-order valence-corrected chi connectivity index (χ4v) is 2.85. The van der Waals surface area contributed by atoms with Gasteiger partial charge in [-0.05, 0) is 12.5 Å². The molecule has 6 heteroatoms. The average molecular weight is 319 g/mol. The largest absolute Gasteiger partial charge is 0.481 e. The Morgan fingerprint density at radius 2 is 1.95 bits per heavy atom. The normalized spacial score (nSPS) is 10.9. The van der Waals surface area contributed by atoms with E-state index in [9.17, 15) is 4.79 Å². The van der Waals surface area contributed by atoms with Crippen molar-refractivity contribution in [2.45, 2.75) is 39.7 Å². The molecule has 1 heterocycles. The van der Waals surface area contributed by atoms with Gasteiger partial charge in [0.25, 0.3) is 0 Å². The van der Waals surface area contributed by atoms with Gasteiger partial charge in [-0.1, -0.05) is 55.0 Å². The number of hydrogen-bond donors (Lipinski definition) is 1. The lowest BCUT2D eigenvalue weighted by Gasteiger charge is -2.20. The Morgan fingerprint density at radius 3 is 2.50 bits per heavy atom. The van der Waals surface area contributed by atoms with Crippen LogP contribution in [0.5, 0.6) is 0 Å². The van der Waals surface area contributed by atoms with Gasteiger partial charge in [-0.2, -0.15) is 0 Å². The molecule has 0 aliphatic rings. The van der Waals surface area contributed by atoms with Crippen LogP contribution in [0.4, 0.5) is 5.13 Å². The standard InChI is InChI=1S/C16H21N3O2S/c1-11(2)15-17-18-16(22-15)19(9-8-14(20)21)10-13-6-4-12(3)5-7-13/h4-7,11H,8-10H2,1-3H3,(H,20,21). The molecule has 0 unspecified atom stereocenters. The minimum absolute atomic E-state index is 0.0858. The van der Waals surface area contributed by atoms with Crippen LogP contribution in [-0.2, 0) is 11.3 Å². The molecule has 0 aliphatic carbocycles. The quantitative estimate of drug-likeness (QED) is 0.846. The van der Waals surface area contributed by atoms with Crippen LogP contribution in [0.25, 0.3) is 0 Å². The van der Waals surface area contributed by atoms with Crippen LogP contribution in [0.2, 0.25) is 0 Å².